The number of rotatable bonds is 5. The Morgan fingerprint density at radius 3 is 2.75 bits per heavy atom. The van der Waals surface area contributed by atoms with E-state index >= 15 is 0 Å². The standard InChI is InChI=1S/C19H25N3O2/c23-17(10-14-4-7-20-8-5-14)22-9-6-19(11-16(19)13-22)18(24)21-12-15-2-1-3-15/h4-5,7-8,15-16H,1-3,6,9-13H2,(H,21,24). The number of pyridine rings is 1. The Morgan fingerprint density at radius 2 is 2.08 bits per heavy atom. The smallest absolute Gasteiger partial charge is 0.227 e. The van der Waals surface area contributed by atoms with Gasteiger partial charge in [0.1, 0.15) is 0 Å². The summed E-state index contributed by atoms with van der Waals surface area (Å²) in [5.41, 5.74) is 0.831. The topological polar surface area (TPSA) is 62.3 Å². The van der Waals surface area contributed by atoms with Crippen molar-refractivity contribution in [3.8, 4) is 0 Å². The van der Waals surface area contributed by atoms with Crippen LogP contribution in [0.25, 0.3) is 0 Å². The number of carbonyl (C=O) groups is 2. The molecule has 1 aromatic rings. The Hall–Kier alpha value is -1.91. The van der Waals surface area contributed by atoms with Gasteiger partial charge >= 0.3 is 0 Å². The Kier molecular flexibility index (Phi) is 4.02. The molecule has 5 nitrogen and oxygen atoms in total. The summed E-state index contributed by atoms with van der Waals surface area (Å²) >= 11 is 0. The lowest BCUT2D eigenvalue weighted by Crippen LogP contribution is -2.45. The van der Waals surface area contributed by atoms with Crippen LogP contribution in [0.1, 0.15) is 37.7 Å². The Labute approximate surface area is 142 Å². The highest BCUT2D eigenvalue weighted by Gasteiger charge is 2.62. The first-order valence-corrected chi connectivity index (χ1v) is 9.12. The molecule has 5 heteroatoms. The fourth-order valence-corrected chi connectivity index (χ4v) is 4.13. The maximum absolute atomic E-state index is 12.6. The molecule has 2 saturated carbocycles. The minimum atomic E-state index is -0.169. The zero-order valence-electron chi connectivity index (χ0n) is 14.0. The summed E-state index contributed by atoms with van der Waals surface area (Å²) < 4.78 is 0. The number of fused-ring (bicyclic) bond motifs is 1. The summed E-state index contributed by atoms with van der Waals surface area (Å²) in [5.74, 6) is 1.45. The van der Waals surface area contributed by atoms with Crippen LogP contribution in [0, 0.1) is 17.3 Å². The van der Waals surface area contributed by atoms with E-state index in [1.54, 1.807) is 12.4 Å². The van der Waals surface area contributed by atoms with E-state index in [-0.39, 0.29) is 17.2 Å². The number of nitrogens with one attached hydrogen (secondary N) is 1. The molecule has 1 N–H and O–H groups in total. The van der Waals surface area contributed by atoms with Gasteiger partial charge in [0.2, 0.25) is 11.8 Å². The van der Waals surface area contributed by atoms with E-state index < -0.39 is 0 Å². The van der Waals surface area contributed by atoms with Crippen molar-refractivity contribution in [2.75, 3.05) is 19.6 Å². The first-order valence-electron chi connectivity index (χ1n) is 9.12. The second kappa shape index (κ2) is 6.19. The van der Waals surface area contributed by atoms with Crippen LogP contribution in [0.5, 0.6) is 0 Å². The van der Waals surface area contributed by atoms with Gasteiger partial charge < -0.3 is 10.2 Å². The zero-order valence-corrected chi connectivity index (χ0v) is 14.0. The maximum Gasteiger partial charge on any atom is 0.227 e. The summed E-state index contributed by atoms with van der Waals surface area (Å²) in [5, 5.41) is 3.17. The molecule has 24 heavy (non-hydrogen) atoms. The maximum atomic E-state index is 12.6. The predicted molar refractivity (Wildman–Crippen MR) is 90.0 cm³/mol. The lowest BCUT2D eigenvalue weighted by atomic mass is 9.85. The summed E-state index contributed by atoms with van der Waals surface area (Å²) in [4.78, 5) is 30.9. The summed E-state index contributed by atoms with van der Waals surface area (Å²) in [7, 11) is 0. The Balaban J connectivity index is 1.28. The van der Waals surface area contributed by atoms with Gasteiger partial charge in [-0.25, -0.2) is 0 Å². The first-order chi connectivity index (χ1) is 11.7. The van der Waals surface area contributed by atoms with E-state index in [2.05, 4.69) is 10.3 Å². The van der Waals surface area contributed by atoms with Crippen molar-refractivity contribution in [2.45, 2.75) is 38.5 Å². The average Bonchev–Trinajstić information content (AvgIpc) is 3.29. The number of hydrogen-bond acceptors (Lipinski definition) is 3. The normalized spacial score (nSPS) is 28.7. The van der Waals surface area contributed by atoms with Crippen molar-refractivity contribution in [2.24, 2.45) is 17.3 Å². The van der Waals surface area contributed by atoms with Crippen molar-refractivity contribution in [3.63, 3.8) is 0 Å². The molecule has 0 spiro atoms. The average molecular weight is 327 g/mol. The second-order valence-electron chi connectivity index (χ2n) is 7.69. The van der Waals surface area contributed by atoms with Crippen LogP contribution in [0.2, 0.25) is 0 Å². The number of likely N-dealkylation sites (tertiary alicyclic amines) is 1. The summed E-state index contributed by atoms with van der Waals surface area (Å²) in [6.07, 6.45) is 9.45. The van der Waals surface area contributed by atoms with Crippen LogP contribution in [-0.4, -0.2) is 41.3 Å². The van der Waals surface area contributed by atoms with Gasteiger partial charge in [0.05, 0.1) is 11.8 Å². The fourth-order valence-electron chi connectivity index (χ4n) is 4.13. The van der Waals surface area contributed by atoms with Crippen LogP contribution in [0.4, 0.5) is 0 Å². The third-order valence-corrected chi connectivity index (χ3v) is 6.19. The molecule has 2 unspecified atom stereocenters. The summed E-state index contributed by atoms with van der Waals surface area (Å²) in [6, 6.07) is 3.77. The van der Waals surface area contributed by atoms with Crippen molar-refractivity contribution < 1.29 is 9.59 Å². The van der Waals surface area contributed by atoms with E-state index in [0.29, 0.717) is 24.8 Å². The molecular weight excluding hydrogens is 302 g/mol. The van der Waals surface area contributed by atoms with Crippen molar-refractivity contribution >= 4 is 11.8 Å². The Morgan fingerprint density at radius 1 is 1.29 bits per heavy atom. The molecule has 0 aromatic carbocycles. The number of nitrogens with zero attached hydrogens (tertiary/aromatic N) is 2. The van der Waals surface area contributed by atoms with E-state index in [1.165, 1.54) is 19.3 Å². The van der Waals surface area contributed by atoms with E-state index in [0.717, 1.165) is 31.5 Å². The second-order valence-corrected chi connectivity index (χ2v) is 7.69. The van der Waals surface area contributed by atoms with Crippen molar-refractivity contribution in [3.05, 3.63) is 30.1 Å². The van der Waals surface area contributed by atoms with Gasteiger partial charge in [0.25, 0.3) is 0 Å². The van der Waals surface area contributed by atoms with Gasteiger partial charge in [0.15, 0.2) is 0 Å². The van der Waals surface area contributed by atoms with Gasteiger partial charge in [-0.15, -0.1) is 0 Å². The van der Waals surface area contributed by atoms with Gasteiger partial charge in [0, 0.05) is 32.0 Å². The molecule has 0 bridgehead atoms. The van der Waals surface area contributed by atoms with Gasteiger partial charge in [-0.05, 0) is 55.2 Å². The molecule has 128 valence electrons. The third kappa shape index (κ3) is 2.92. The molecule has 3 fully saturated rings. The van der Waals surface area contributed by atoms with Crippen LogP contribution in [0.15, 0.2) is 24.5 Å². The SMILES string of the molecule is O=C(Cc1ccncc1)N1CCC2(C(=O)NCC3CCC3)CC2C1. The van der Waals surface area contributed by atoms with Crippen LogP contribution < -0.4 is 5.32 Å². The molecule has 2 heterocycles. The molecular formula is C19H25N3O2. The van der Waals surface area contributed by atoms with Gasteiger partial charge in [-0.2, -0.15) is 0 Å². The molecule has 4 rings (SSSR count). The van der Waals surface area contributed by atoms with Crippen LogP contribution >= 0.6 is 0 Å². The number of amides is 2. The third-order valence-electron chi connectivity index (χ3n) is 6.19. The minimum absolute atomic E-state index is 0.163. The lowest BCUT2D eigenvalue weighted by molar-refractivity contribution is -0.135. The summed E-state index contributed by atoms with van der Waals surface area (Å²) in [6.45, 7) is 2.29. The highest BCUT2D eigenvalue weighted by atomic mass is 16.2. The fraction of sp³-hybridized carbons (Fsp3) is 0.632. The number of aromatic nitrogens is 1. The van der Waals surface area contributed by atoms with E-state index in [4.69, 9.17) is 0 Å². The number of carbonyl (C=O) groups excluding carboxylic acids is 2. The van der Waals surface area contributed by atoms with Crippen LogP contribution in [0.3, 0.4) is 0 Å². The van der Waals surface area contributed by atoms with Crippen LogP contribution in [-0.2, 0) is 16.0 Å². The number of piperidine rings is 1. The molecule has 0 radical (unpaired) electrons. The molecule has 3 aliphatic rings. The quantitative estimate of drug-likeness (QED) is 0.897. The van der Waals surface area contributed by atoms with E-state index in [9.17, 15) is 9.59 Å². The van der Waals surface area contributed by atoms with Gasteiger partial charge in [-0.3, -0.25) is 14.6 Å². The molecule has 2 aliphatic carbocycles. The van der Waals surface area contributed by atoms with Crippen molar-refractivity contribution in [1.29, 1.82) is 0 Å². The van der Waals surface area contributed by atoms with Crippen molar-refractivity contribution in [1.82, 2.24) is 15.2 Å². The largest absolute Gasteiger partial charge is 0.355 e. The molecule has 1 saturated heterocycles. The molecule has 1 aromatic heterocycles. The lowest BCUT2D eigenvalue weighted by Gasteiger charge is -2.32. The number of hydrogen-bond donors (Lipinski definition) is 1. The van der Waals surface area contributed by atoms with E-state index in [1.807, 2.05) is 17.0 Å². The minimum Gasteiger partial charge on any atom is -0.355 e. The molecule has 2 amide bonds. The Bertz CT molecular complexity index is 629. The highest BCUT2D eigenvalue weighted by molar-refractivity contribution is 5.87. The highest BCUT2D eigenvalue weighted by Crippen LogP contribution is 2.58. The zero-order chi connectivity index (χ0) is 16.6. The molecule has 1 aliphatic heterocycles. The predicted octanol–water partition coefficient (Wildman–Crippen LogP) is 1.78. The first kappa shape index (κ1) is 15.6. The monoisotopic (exact) mass is 327 g/mol. The molecule has 2 atom stereocenters. The van der Waals surface area contributed by atoms with Gasteiger partial charge in [-0.1, -0.05) is 6.42 Å².